The normalized spacial score (nSPS) is 10.2. The number of esters is 1. The van der Waals surface area contributed by atoms with Gasteiger partial charge in [0.15, 0.2) is 5.69 Å². The van der Waals surface area contributed by atoms with Crippen molar-refractivity contribution in [2.45, 2.75) is 13.8 Å². The number of ether oxygens (including phenoxy) is 2. The quantitative estimate of drug-likeness (QED) is 0.768. The third-order valence-electron chi connectivity index (χ3n) is 2.39. The molecule has 1 heterocycles. The first-order valence-corrected chi connectivity index (χ1v) is 6.07. The van der Waals surface area contributed by atoms with Crippen molar-refractivity contribution in [3.63, 3.8) is 0 Å². The highest BCUT2D eigenvalue weighted by Crippen LogP contribution is 2.14. The Morgan fingerprint density at radius 2 is 1.95 bits per heavy atom. The fourth-order valence-corrected chi connectivity index (χ4v) is 1.55. The number of hydrogen-bond acceptors (Lipinski definition) is 5. The highest BCUT2D eigenvalue weighted by Gasteiger charge is 2.12. The third kappa shape index (κ3) is 3.09. The lowest BCUT2D eigenvalue weighted by Crippen LogP contribution is -2.04. The van der Waals surface area contributed by atoms with E-state index < -0.39 is 5.97 Å². The molecule has 0 N–H and O–H groups in total. The van der Waals surface area contributed by atoms with E-state index in [-0.39, 0.29) is 5.69 Å². The largest absolute Gasteiger partial charge is 0.494 e. The molecule has 2 rings (SSSR count). The van der Waals surface area contributed by atoms with E-state index in [1.807, 2.05) is 31.2 Å². The summed E-state index contributed by atoms with van der Waals surface area (Å²) in [6.45, 7) is 4.61. The lowest BCUT2D eigenvalue weighted by atomic mass is 10.3. The predicted molar refractivity (Wildman–Crippen MR) is 68.5 cm³/mol. The molecule has 0 aliphatic carbocycles. The van der Waals surface area contributed by atoms with Crippen molar-refractivity contribution in [3.05, 3.63) is 36.2 Å². The Hall–Kier alpha value is -2.37. The molecule has 1 aromatic heterocycles. The molecule has 0 saturated carbocycles. The zero-order valence-corrected chi connectivity index (χ0v) is 10.9. The summed E-state index contributed by atoms with van der Waals surface area (Å²) in [6.07, 6.45) is 1.54. The van der Waals surface area contributed by atoms with Crippen molar-refractivity contribution in [2.24, 2.45) is 0 Å². The van der Waals surface area contributed by atoms with Crippen LogP contribution in [0, 0.1) is 0 Å². The Bertz CT molecular complexity index is 549. The number of aromatic nitrogens is 3. The van der Waals surface area contributed by atoms with Crippen molar-refractivity contribution in [2.75, 3.05) is 13.2 Å². The molecule has 0 saturated heterocycles. The van der Waals surface area contributed by atoms with Gasteiger partial charge < -0.3 is 9.47 Å². The van der Waals surface area contributed by atoms with Crippen molar-refractivity contribution in [1.82, 2.24) is 15.0 Å². The Balaban J connectivity index is 2.15. The van der Waals surface area contributed by atoms with E-state index >= 15 is 0 Å². The maximum atomic E-state index is 11.5. The summed E-state index contributed by atoms with van der Waals surface area (Å²) in [5, 5.41) is 7.67. The zero-order valence-electron chi connectivity index (χ0n) is 10.9. The smallest absolute Gasteiger partial charge is 0.360 e. The lowest BCUT2D eigenvalue weighted by molar-refractivity contribution is 0.0519. The topological polar surface area (TPSA) is 66.2 Å². The molecule has 0 atom stereocenters. The van der Waals surface area contributed by atoms with E-state index in [2.05, 4.69) is 10.3 Å². The van der Waals surface area contributed by atoms with Crippen LogP contribution < -0.4 is 4.74 Å². The molecule has 100 valence electrons. The summed E-state index contributed by atoms with van der Waals surface area (Å²) >= 11 is 0. The lowest BCUT2D eigenvalue weighted by Gasteiger charge is -2.04. The minimum Gasteiger partial charge on any atom is -0.494 e. The molecule has 19 heavy (non-hydrogen) atoms. The van der Waals surface area contributed by atoms with Crippen LogP contribution in [0.5, 0.6) is 5.75 Å². The van der Waals surface area contributed by atoms with Crippen molar-refractivity contribution >= 4 is 5.97 Å². The van der Waals surface area contributed by atoms with Crippen LogP contribution in [0.15, 0.2) is 30.5 Å². The maximum absolute atomic E-state index is 11.5. The van der Waals surface area contributed by atoms with Crippen LogP contribution in [-0.4, -0.2) is 34.2 Å². The summed E-state index contributed by atoms with van der Waals surface area (Å²) in [5.41, 5.74) is 0.988. The van der Waals surface area contributed by atoms with Crippen LogP contribution in [0.3, 0.4) is 0 Å². The van der Waals surface area contributed by atoms with Gasteiger partial charge in [-0.15, -0.1) is 5.10 Å². The van der Waals surface area contributed by atoms with Crippen LogP contribution in [0.25, 0.3) is 5.69 Å². The van der Waals surface area contributed by atoms with Gasteiger partial charge in [0.25, 0.3) is 0 Å². The molecular formula is C13H15N3O3. The predicted octanol–water partition coefficient (Wildman–Crippen LogP) is 1.84. The van der Waals surface area contributed by atoms with Gasteiger partial charge in [0.2, 0.25) is 0 Å². The highest BCUT2D eigenvalue weighted by atomic mass is 16.5. The molecule has 0 unspecified atom stereocenters. The summed E-state index contributed by atoms with van der Waals surface area (Å²) in [7, 11) is 0. The number of carbonyl (C=O) groups is 1. The SMILES string of the molecule is CCOC(=O)c1cn(-c2ccc(OCC)cc2)nn1. The van der Waals surface area contributed by atoms with E-state index in [0.717, 1.165) is 11.4 Å². The standard InChI is InChI=1S/C13H15N3O3/c1-3-18-11-7-5-10(6-8-11)16-9-12(14-15-16)13(17)19-4-2/h5-9H,3-4H2,1-2H3. The fourth-order valence-electron chi connectivity index (χ4n) is 1.55. The summed E-state index contributed by atoms with van der Waals surface area (Å²) in [6, 6.07) is 7.36. The third-order valence-corrected chi connectivity index (χ3v) is 2.39. The average Bonchev–Trinajstić information content (AvgIpc) is 2.90. The van der Waals surface area contributed by atoms with Crippen molar-refractivity contribution in [3.8, 4) is 11.4 Å². The molecule has 0 bridgehead atoms. The number of benzene rings is 1. The molecule has 2 aromatic rings. The van der Waals surface area contributed by atoms with Crippen LogP contribution in [0.4, 0.5) is 0 Å². The monoisotopic (exact) mass is 261 g/mol. The Morgan fingerprint density at radius 3 is 2.58 bits per heavy atom. The van der Waals surface area contributed by atoms with Gasteiger partial charge in [0.1, 0.15) is 5.75 Å². The Kier molecular flexibility index (Phi) is 4.12. The first-order valence-electron chi connectivity index (χ1n) is 6.07. The fraction of sp³-hybridized carbons (Fsp3) is 0.308. The molecule has 0 radical (unpaired) electrons. The Labute approximate surface area is 110 Å². The highest BCUT2D eigenvalue weighted by molar-refractivity contribution is 5.86. The number of nitrogens with zero attached hydrogens (tertiary/aromatic N) is 3. The zero-order chi connectivity index (χ0) is 13.7. The number of rotatable bonds is 5. The van der Waals surface area contributed by atoms with Gasteiger partial charge in [-0.3, -0.25) is 0 Å². The van der Waals surface area contributed by atoms with Gasteiger partial charge in [-0.05, 0) is 38.1 Å². The van der Waals surface area contributed by atoms with E-state index in [0.29, 0.717) is 13.2 Å². The van der Waals surface area contributed by atoms with E-state index in [4.69, 9.17) is 9.47 Å². The summed E-state index contributed by atoms with van der Waals surface area (Å²) < 4.78 is 11.7. The summed E-state index contributed by atoms with van der Waals surface area (Å²) in [4.78, 5) is 11.5. The maximum Gasteiger partial charge on any atom is 0.360 e. The molecule has 0 spiro atoms. The van der Waals surface area contributed by atoms with E-state index in [9.17, 15) is 4.79 Å². The second-order valence-electron chi connectivity index (χ2n) is 3.70. The minimum atomic E-state index is -0.473. The van der Waals surface area contributed by atoms with Crippen LogP contribution in [0.2, 0.25) is 0 Å². The molecular weight excluding hydrogens is 246 g/mol. The Morgan fingerprint density at radius 1 is 1.21 bits per heavy atom. The molecule has 0 fully saturated rings. The molecule has 6 nitrogen and oxygen atoms in total. The first-order chi connectivity index (χ1) is 9.24. The van der Waals surface area contributed by atoms with Gasteiger partial charge in [-0.2, -0.15) is 0 Å². The number of hydrogen-bond donors (Lipinski definition) is 0. The van der Waals surface area contributed by atoms with Gasteiger partial charge >= 0.3 is 5.97 Å². The molecule has 1 aromatic carbocycles. The van der Waals surface area contributed by atoms with Gasteiger partial charge in [-0.1, -0.05) is 5.21 Å². The molecule has 0 aliphatic rings. The van der Waals surface area contributed by atoms with Gasteiger partial charge in [-0.25, -0.2) is 9.48 Å². The molecule has 0 aliphatic heterocycles. The van der Waals surface area contributed by atoms with Gasteiger partial charge in [0, 0.05) is 0 Å². The average molecular weight is 261 g/mol. The first kappa shape index (κ1) is 13.1. The van der Waals surface area contributed by atoms with E-state index in [1.54, 1.807) is 6.92 Å². The van der Waals surface area contributed by atoms with Crippen LogP contribution in [-0.2, 0) is 4.74 Å². The number of carbonyl (C=O) groups excluding carboxylic acids is 1. The van der Waals surface area contributed by atoms with Crippen LogP contribution in [0.1, 0.15) is 24.3 Å². The second-order valence-corrected chi connectivity index (χ2v) is 3.70. The summed E-state index contributed by atoms with van der Waals surface area (Å²) in [5.74, 6) is 0.316. The van der Waals surface area contributed by atoms with Crippen molar-refractivity contribution in [1.29, 1.82) is 0 Å². The molecule has 6 heteroatoms. The van der Waals surface area contributed by atoms with Gasteiger partial charge in [0.05, 0.1) is 25.1 Å². The minimum absolute atomic E-state index is 0.190. The van der Waals surface area contributed by atoms with Crippen molar-refractivity contribution < 1.29 is 14.3 Å². The van der Waals surface area contributed by atoms with E-state index in [1.165, 1.54) is 10.9 Å². The molecule has 0 amide bonds. The second kappa shape index (κ2) is 5.99. The van der Waals surface area contributed by atoms with Crippen LogP contribution >= 0.6 is 0 Å².